The quantitative estimate of drug-likeness (QED) is 0.0703. The molecule has 20 heteroatoms. The molecule has 0 aliphatic carbocycles. The Balaban J connectivity index is 0.00000803. The standard InChI is InChI=1S/C65H41Br9N5O5.Ni/c1-31-6-24-40(25-7-31)79(41-26-8-32(2)9-27-41)42-28-11-33(12-29-42)10-13-34-14-23-39(30-43(34)82-3)46-60-49(68)47(66)56(75-60)44(35-15-19-37(20-16-35)64(80)83-4)58-51(70)53(72)62(77-58)55(74)63-54(73)52(71)59(78-63)45(57-48(67)50(69)61(46)76-57)36-17-21-38(22-18-36)65(81)84-5;/h6-30H,1-5H3,(H-,75,76,77,78,80,81);/q-1;+2/p-1/b13-10+,56-44?,57-45?,58-44?,59-45?,60-46?,61-46?,62-55?,63-55?;. The topological polar surface area (TPSA) is 119 Å². The molecular weight excluding hydrogens is 1710 g/mol. The fourth-order valence-corrected chi connectivity index (χ4v) is 14.7. The minimum Gasteiger partial charge on any atom is -0.655 e. The van der Waals surface area contributed by atoms with Gasteiger partial charge in [-0.1, -0.05) is 160 Å². The van der Waals surface area contributed by atoms with Crippen molar-refractivity contribution >= 4 is 225 Å². The van der Waals surface area contributed by atoms with Crippen molar-refractivity contribution in [3.05, 3.63) is 218 Å². The van der Waals surface area contributed by atoms with Crippen LogP contribution in [0, 0.1) is 13.8 Å². The van der Waals surface area contributed by atoms with Crippen LogP contribution >= 0.6 is 143 Å². The summed E-state index contributed by atoms with van der Waals surface area (Å²) in [5.41, 5.74) is 16.3. The van der Waals surface area contributed by atoms with Crippen molar-refractivity contribution in [2.75, 3.05) is 26.2 Å². The number of halogens is 9. The fraction of sp³-hybridized carbons (Fsp3) is 0.0769. The molecule has 0 amide bonds. The molecule has 0 saturated carbocycles. The van der Waals surface area contributed by atoms with Crippen LogP contribution in [0.15, 0.2) is 162 Å². The molecule has 0 unspecified atom stereocenters. The van der Waals surface area contributed by atoms with Crippen LogP contribution in [-0.4, -0.2) is 43.2 Å². The number of nitrogens with zero attached hydrogens (tertiary/aromatic N) is 5. The first kappa shape index (κ1) is 63.0. The van der Waals surface area contributed by atoms with Crippen LogP contribution in [-0.2, 0) is 26.0 Å². The maximum Gasteiger partial charge on any atom is 2.00 e. The summed E-state index contributed by atoms with van der Waals surface area (Å²) in [5.74, 6) is -0.353. The first-order chi connectivity index (χ1) is 40.4. The van der Waals surface area contributed by atoms with Gasteiger partial charge in [0, 0.05) is 45.0 Å². The van der Waals surface area contributed by atoms with Crippen LogP contribution < -0.4 is 19.6 Å². The van der Waals surface area contributed by atoms with Crippen LogP contribution in [0.1, 0.15) is 65.7 Å². The predicted molar refractivity (Wildman–Crippen MR) is 372 cm³/mol. The van der Waals surface area contributed by atoms with E-state index in [0.29, 0.717) is 130 Å². The first-order valence-corrected chi connectivity index (χ1v) is 32.5. The van der Waals surface area contributed by atoms with Gasteiger partial charge in [0.05, 0.1) is 73.2 Å². The summed E-state index contributed by atoms with van der Waals surface area (Å²) in [6, 6.07) is 45.8. The average molecular weight is 1750 g/mol. The summed E-state index contributed by atoms with van der Waals surface area (Å²) in [7, 11) is 4.35. The van der Waals surface area contributed by atoms with Crippen molar-refractivity contribution in [1.29, 1.82) is 0 Å². The Bertz CT molecular complexity index is 4370. The van der Waals surface area contributed by atoms with Crippen LogP contribution in [0.4, 0.5) is 17.1 Å². The zero-order chi connectivity index (χ0) is 59.4. The Labute approximate surface area is 575 Å². The van der Waals surface area contributed by atoms with Gasteiger partial charge in [-0.25, -0.2) is 19.6 Å². The van der Waals surface area contributed by atoms with Gasteiger partial charge >= 0.3 is 28.4 Å². The molecule has 10 nitrogen and oxygen atoms in total. The second kappa shape index (κ2) is 26.4. The van der Waals surface area contributed by atoms with E-state index >= 15 is 0 Å². The maximum atomic E-state index is 12.8. The zero-order valence-electron chi connectivity index (χ0n) is 44.9. The van der Waals surface area contributed by atoms with E-state index in [1.165, 1.54) is 25.3 Å². The molecule has 0 N–H and O–H groups in total. The summed E-state index contributed by atoms with van der Waals surface area (Å²) in [6.45, 7) is 4.19. The SMILES string of the molecule is COC(=O)c1ccc(-c2c3nc(c(-c4ccc(/C=C/c5ccc(N(c6ccc(C)cc6)c6ccc(C)cc6)cc5)c(OC)c4)c4[n-]c(c(Br)c4Br)c(-c4ccc(C(=O)OC)cc4)c4nc(c(Br)c5[n-]c2c(Br)c5Br)C(Br)=C4Br)C(Br)=C3Br)cc1.[Ni+2]. The molecule has 0 radical (unpaired) electrons. The molecule has 6 aromatic carbocycles. The zero-order valence-corrected chi connectivity index (χ0v) is 60.2. The number of rotatable bonds is 11. The van der Waals surface area contributed by atoms with Gasteiger partial charge in [-0.2, -0.15) is 0 Å². The molecule has 0 fully saturated rings. The number of carbonyl (C=O) groups excluding carboxylic acids is 2. The fourth-order valence-electron chi connectivity index (χ4n) is 9.77. The smallest absolute Gasteiger partial charge is 0.655 e. The van der Waals surface area contributed by atoms with Gasteiger partial charge in [0.15, 0.2) is 0 Å². The average Bonchev–Trinajstić information content (AvgIpc) is 2.67. The number of carbonyl (C=O) groups is 2. The first-order valence-electron chi connectivity index (χ1n) is 25.4. The van der Waals surface area contributed by atoms with Crippen LogP contribution in [0.25, 0.3) is 85.5 Å². The Kier molecular flexibility index (Phi) is 19.6. The third-order valence-corrected chi connectivity index (χ3v) is 23.1. The van der Waals surface area contributed by atoms with E-state index < -0.39 is 11.9 Å². The molecule has 11 rings (SSSR count). The van der Waals surface area contributed by atoms with E-state index in [0.717, 1.165) is 33.8 Å². The Morgan fingerprint density at radius 1 is 0.435 bits per heavy atom. The summed E-state index contributed by atoms with van der Waals surface area (Å²) in [6.07, 6.45) is 4.11. The Morgan fingerprint density at radius 3 is 1.22 bits per heavy atom. The van der Waals surface area contributed by atoms with E-state index in [1.54, 1.807) is 31.4 Å². The van der Waals surface area contributed by atoms with Gasteiger partial charge in [0.2, 0.25) is 0 Å². The molecule has 428 valence electrons. The third-order valence-electron chi connectivity index (χ3n) is 14.1. The summed E-state index contributed by atoms with van der Waals surface area (Å²) >= 11 is 35.6. The van der Waals surface area contributed by atoms with Gasteiger partial charge in [-0.3, -0.25) is 0 Å². The van der Waals surface area contributed by atoms with E-state index in [4.69, 9.17) is 34.1 Å². The number of fused-ring (bicyclic) bond motifs is 8. The van der Waals surface area contributed by atoms with Crippen molar-refractivity contribution in [3.8, 4) is 39.1 Å². The van der Waals surface area contributed by atoms with Gasteiger partial charge < -0.3 is 29.1 Å². The number of anilines is 3. The minimum atomic E-state index is -0.473. The van der Waals surface area contributed by atoms with Crippen molar-refractivity contribution in [2.24, 2.45) is 0 Å². The van der Waals surface area contributed by atoms with Crippen LogP contribution in [0.2, 0.25) is 0 Å². The molecule has 0 spiro atoms. The number of benzene rings is 6. The third kappa shape index (κ3) is 12.1. The predicted octanol–water partition coefficient (Wildman–Crippen LogP) is 21.5. The number of methoxy groups -OCH3 is 3. The van der Waals surface area contributed by atoms with Gasteiger partial charge in [0.25, 0.3) is 0 Å². The largest absolute Gasteiger partial charge is 2.00 e. The molecule has 0 saturated heterocycles. The number of ether oxygens (including phenoxy) is 3. The van der Waals surface area contributed by atoms with Crippen LogP contribution in [0.5, 0.6) is 5.75 Å². The molecule has 2 aliphatic rings. The molecule has 85 heavy (non-hydrogen) atoms. The molecule has 3 aromatic heterocycles. The molecule has 5 heterocycles. The van der Waals surface area contributed by atoms with Gasteiger partial charge in [-0.15, -0.1) is 22.1 Å². The van der Waals surface area contributed by atoms with Crippen LogP contribution in [0.3, 0.4) is 0 Å². The number of aryl methyl sites for hydroxylation is 2. The van der Waals surface area contributed by atoms with Crippen molar-refractivity contribution in [2.45, 2.75) is 13.8 Å². The van der Waals surface area contributed by atoms with E-state index in [1.807, 2.05) is 48.5 Å². The minimum absolute atomic E-state index is 0. The van der Waals surface area contributed by atoms with Crippen molar-refractivity contribution in [1.82, 2.24) is 19.9 Å². The van der Waals surface area contributed by atoms with E-state index in [2.05, 4.69) is 241 Å². The monoisotopic (exact) mass is 1740 g/mol. The summed E-state index contributed by atoms with van der Waals surface area (Å²) in [5, 5.41) is 0. The second-order valence-electron chi connectivity index (χ2n) is 19.2. The number of hydrogen-bond acceptors (Lipinski definition) is 8. The van der Waals surface area contributed by atoms with Gasteiger partial charge in [0.1, 0.15) is 5.75 Å². The number of esters is 2. The Morgan fingerprint density at radius 2 is 0.800 bits per heavy atom. The van der Waals surface area contributed by atoms with Crippen molar-refractivity contribution in [3.63, 3.8) is 0 Å². The number of aromatic nitrogens is 4. The second-order valence-corrected chi connectivity index (χ2v) is 26.3. The summed E-state index contributed by atoms with van der Waals surface area (Å²) < 4.78 is 22.0. The summed E-state index contributed by atoms with van der Waals surface area (Å²) in [4.78, 5) is 49.6. The molecule has 8 bridgehead atoms. The number of hydrogen-bond donors (Lipinski definition) is 0. The molecule has 0 atom stereocenters. The normalized spacial score (nSPS) is 12.2. The molecule has 2 aliphatic heterocycles. The molecule has 9 aromatic rings. The van der Waals surface area contributed by atoms with Crippen molar-refractivity contribution < 1.29 is 40.3 Å². The van der Waals surface area contributed by atoms with E-state index in [-0.39, 0.29) is 16.5 Å². The molecular formula is C65H40Br9N5NiO5. The van der Waals surface area contributed by atoms with Gasteiger partial charge in [-0.05, 0) is 199 Å². The Hall–Kier alpha value is -4.99. The van der Waals surface area contributed by atoms with E-state index in [9.17, 15) is 9.59 Å². The maximum absolute atomic E-state index is 12.8.